The Kier molecular flexibility index (Phi) is 39.4. The summed E-state index contributed by atoms with van der Waals surface area (Å²) >= 11 is 0. The zero-order chi connectivity index (χ0) is 67.0. The van der Waals surface area contributed by atoms with Gasteiger partial charge in [0.1, 0.15) is 22.9 Å². The van der Waals surface area contributed by atoms with Crippen molar-refractivity contribution in [3.63, 3.8) is 0 Å². The molecule has 0 saturated heterocycles. The van der Waals surface area contributed by atoms with E-state index >= 15 is 0 Å². The molecule has 18 nitrogen and oxygen atoms in total. The number of aliphatic hydroxyl groups excluding tert-OH is 4. The third kappa shape index (κ3) is 30.7. The molecule has 509 valence electrons. The van der Waals surface area contributed by atoms with Crippen LogP contribution < -0.4 is 14.2 Å². The molecule has 0 spiro atoms. The number of aromatic nitrogens is 7. The van der Waals surface area contributed by atoms with Gasteiger partial charge in [0.2, 0.25) is 0 Å². The molecule has 0 fully saturated rings. The maximum atomic E-state index is 10.1. The number of nitrogens with zero attached hydrogens (tertiary/aromatic N) is 7. The molecule has 4 atom stereocenters. The molecule has 10 aromatic rings. The molecule has 0 bridgehead atoms. The Morgan fingerprint density at radius 3 is 0.937 bits per heavy atom. The summed E-state index contributed by atoms with van der Waals surface area (Å²) in [4.78, 5) is 40.3. The fourth-order valence-corrected chi connectivity index (χ4v) is 7.97. The van der Waals surface area contributed by atoms with E-state index in [0.29, 0.717) is 6.42 Å². The number of methoxy groups -OCH3 is 2. The first-order valence-electron chi connectivity index (χ1n) is 29.7. The summed E-state index contributed by atoms with van der Waals surface area (Å²) in [7, 11) is 2.71. The van der Waals surface area contributed by atoms with Crippen LogP contribution in [0.1, 0.15) is 85.2 Å². The van der Waals surface area contributed by atoms with Crippen LogP contribution in [0.4, 0.5) is 0 Å². The fraction of sp³-hybridized carbons (Fsp3) is 0.270. The Labute approximate surface area is 598 Å². The van der Waals surface area contributed by atoms with Gasteiger partial charge in [0.05, 0.1) is 29.3 Å². The Balaban J connectivity index is 0.000000400. The molecule has 95 heavy (non-hydrogen) atoms. The number of pyridine rings is 1. The Bertz CT molecular complexity index is 3390. The van der Waals surface area contributed by atoms with Gasteiger partial charge in [-0.15, -0.1) is 89.5 Å². The van der Waals surface area contributed by atoms with Crippen molar-refractivity contribution in [3.8, 4) is 68.3 Å². The molecular weight excluding hydrogens is 1740 g/mol. The SMILES string of the molecule is CC(C)C(O)CC(O)C(C)C.COC(O)CC(O)OC.Cc1cnc(-c2[c-]cc(Oc3ccccc3)cc2)c(C)n1.Cc1cnc(-c2[c-]cc(Oc3ccccc3)cc2)c(C)n1.Cc1cnc(-c2[c-]cc(Oc3ccccc3)cc2)c(C)n1.O=C(O)c1ccccn1.[Ir].[Ir].[Ir]. The average molecular weight is 1820 g/mol. The topological polar surface area (TPSA) is 255 Å². The van der Waals surface area contributed by atoms with E-state index in [9.17, 15) is 15.0 Å². The van der Waals surface area contributed by atoms with Gasteiger partial charge in [-0.3, -0.25) is 15.0 Å². The van der Waals surface area contributed by atoms with Gasteiger partial charge in [0.15, 0.2) is 12.6 Å². The van der Waals surface area contributed by atoms with Gasteiger partial charge in [-0.05, 0) is 108 Å². The number of aromatic carboxylic acids is 1. The second-order valence-electron chi connectivity index (χ2n) is 21.4. The first kappa shape index (κ1) is 83.4. The number of carboxylic acid groups (broad SMARTS) is 1. The third-order valence-electron chi connectivity index (χ3n) is 13.1. The van der Waals surface area contributed by atoms with Crippen LogP contribution in [0.15, 0.2) is 189 Å². The van der Waals surface area contributed by atoms with E-state index in [1.807, 2.05) is 215 Å². The van der Waals surface area contributed by atoms with Crippen LogP contribution >= 0.6 is 0 Å². The molecular formula is C74H82Ir3N7O11-3. The molecule has 0 aliphatic heterocycles. The normalized spacial score (nSPS) is 11.4. The van der Waals surface area contributed by atoms with Crippen LogP contribution in [0.5, 0.6) is 34.5 Å². The Morgan fingerprint density at radius 1 is 0.411 bits per heavy atom. The molecule has 5 N–H and O–H groups in total. The molecule has 4 unspecified atom stereocenters. The average Bonchev–Trinajstić information content (AvgIpc) is 0.880. The van der Waals surface area contributed by atoms with Crippen molar-refractivity contribution in [2.75, 3.05) is 14.2 Å². The molecule has 4 heterocycles. The maximum Gasteiger partial charge on any atom is 0.354 e. The summed E-state index contributed by atoms with van der Waals surface area (Å²) in [6.07, 6.45) is 4.70. The molecule has 6 aromatic carbocycles. The van der Waals surface area contributed by atoms with Crippen LogP contribution in [0, 0.1) is 71.6 Å². The number of aryl methyl sites for hydroxylation is 6. The van der Waals surface area contributed by atoms with Gasteiger partial charge in [0, 0.05) is 157 Å². The van der Waals surface area contributed by atoms with E-state index in [1.54, 1.807) is 30.7 Å². The first-order valence-corrected chi connectivity index (χ1v) is 29.7. The van der Waals surface area contributed by atoms with Crippen molar-refractivity contribution in [1.82, 2.24) is 34.9 Å². The number of hydrogen-bond donors (Lipinski definition) is 5. The molecule has 21 heteroatoms. The van der Waals surface area contributed by atoms with Gasteiger partial charge in [-0.2, -0.15) is 0 Å². The van der Waals surface area contributed by atoms with Gasteiger partial charge in [-0.25, -0.2) is 9.78 Å². The van der Waals surface area contributed by atoms with Crippen molar-refractivity contribution < 1.29 is 114 Å². The van der Waals surface area contributed by atoms with Crippen LogP contribution in [0.2, 0.25) is 0 Å². The standard InChI is InChI=1S/3C18H15N2O.C9H20O2.C6H5NO2.C5H12O4.3Ir/c3*1-13-12-19-18(14(2)20-13)15-8-10-17(11-9-15)21-16-6-4-3-5-7-16;1-6(2)8(10)5-9(11)7(3)4;8-6(9)5-3-1-2-4-7-5;1-8-4(6)3-5(7)9-2;;;/h3*3-8,10-12H,1-2H3;6-11H,5H2,1-4H3;1-4H,(H,8,9);4-7H,3H2,1-2H3;;;/q3*-1;;;;;;. The molecule has 0 aliphatic rings. The van der Waals surface area contributed by atoms with Crippen molar-refractivity contribution >= 4 is 5.97 Å². The van der Waals surface area contributed by atoms with Crippen LogP contribution in [0.3, 0.4) is 0 Å². The van der Waals surface area contributed by atoms with Crippen molar-refractivity contribution in [3.05, 3.63) is 247 Å². The second-order valence-corrected chi connectivity index (χ2v) is 21.4. The number of carboxylic acids is 1. The number of rotatable bonds is 18. The number of aliphatic hydroxyl groups is 4. The van der Waals surface area contributed by atoms with E-state index in [2.05, 4.69) is 62.6 Å². The largest absolute Gasteiger partial charge is 0.502 e. The third-order valence-corrected chi connectivity index (χ3v) is 13.1. The summed E-state index contributed by atoms with van der Waals surface area (Å²) in [5.41, 5.74) is 10.9. The summed E-state index contributed by atoms with van der Waals surface area (Å²) in [5.74, 6) is 4.18. The number of benzene rings is 6. The molecule has 4 aromatic heterocycles. The van der Waals surface area contributed by atoms with Crippen molar-refractivity contribution in [1.29, 1.82) is 0 Å². The minimum absolute atomic E-state index is 0. The second kappa shape index (κ2) is 44.9. The quantitative estimate of drug-likeness (QED) is 0.0395. The Morgan fingerprint density at radius 2 is 0.716 bits per heavy atom. The fourth-order valence-electron chi connectivity index (χ4n) is 7.97. The smallest absolute Gasteiger partial charge is 0.354 e. The van der Waals surface area contributed by atoms with Gasteiger partial charge >= 0.3 is 5.97 Å². The molecule has 3 radical (unpaired) electrons. The molecule has 0 aliphatic carbocycles. The molecule has 10 rings (SSSR count). The van der Waals surface area contributed by atoms with E-state index in [4.69, 9.17) is 29.5 Å². The van der Waals surface area contributed by atoms with E-state index < -0.39 is 18.5 Å². The Hall–Kier alpha value is -7.71. The predicted molar refractivity (Wildman–Crippen MR) is 355 cm³/mol. The summed E-state index contributed by atoms with van der Waals surface area (Å²) in [6, 6.07) is 60.5. The molecule has 0 saturated carbocycles. The number of hydrogen-bond acceptors (Lipinski definition) is 17. The van der Waals surface area contributed by atoms with Crippen molar-refractivity contribution in [2.24, 2.45) is 11.8 Å². The number of carbonyl (C=O) groups is 1. The van der Waals surface area contributed by atoms with E-state index in [0.717, 1.165) is 102 Å². The summed E-state index contributed by atoms with van der Waals surface area (Å²) in [5, 5.41) is 44.5. The first-order chi connectivity index (χ1) is 44.1. The summed E-state index contributed by atoms with van der Waals surface area (Å²) < 4.78 is 26.1. The van der Waals surface area contributed by atoms with Crippen LogP contribution in [-0.4, -0.2) is 105 Å². The van der Waals surface area contributed by atoms with E-state index in [-0.39, 0.29) is 96.5 Å². The van der Waals surface area contributed by atoms with Crippen molar-refractivity contribution in [2.45, 2.75) is 107 Å². The zero-order valence-corrected chi connectivity index (χ0v) is 62.3. The monoisotopic (exact) mass is 1820 g/mol. The van der Waals surface area contributed by atoms with Crippen LogP contribution in [-0.2, 0) is 69.8 Å². The minimum Gasteiger partial charge on any atom is -0.502 e. The predicted octanol–water partition coefficient (Wildman–Crippen LogP) is 14.5. The number of para-hydroxylation sites is 3. The van der Waals surface area contributed by atoms with Crippen LogP contribution in [0.25, 0.3) is 33.8 Å². The zero-order valence-electron chi connectivity index (χ0n) is 55.1. The van der Waals surface area contributed by atoms with E-state index in [1.165, 1.54) is 26.5 Å². The van der Waals surface area contributed by atoms with Gasteiger partial charge in [-0.1, -0.05) is 88.4 Å². The minimum atomic E-state index is -0.990. The molecule has 0 amide bonds. The maximum absolute atomic E-state index is 10.1. The summed E-state index contributed by atoms with van der Waals surface area (Å²) in [6.45, 7) is 19.5. The van der Waals surface area contributed by atoms with Gasteiger partial charge in [0.25, 0.3) is 0 Å². The number of ether oxygens (including phenoxy) is 5. The van der Waals surface area contributed by atoms with Gasteiger partial charge < -0.3 is 64.2 Å².